The molecule has 15 rings (SSSR count). The third-order valence-electron chi connectivity index (χ3n) is 15.3. The fourth-order valence-corrected chi connectivity index (χ4v) is 17.5. The molecular formula is C78H54N4S6. The van der Waals surface area contributed by atoms with Gasteiger partial charge in [-0.1, -0.05) is 146 Å². The average Bonchev–Trinajstić information content (AvgIpc) is 3.87. The molecule has 4 nitrogen and oxygen atoms in total. The highest BCUT2D eigenvalue weighted by Crippen LogP contribution is 2.49. The molecular weight excluding hydrogens is 1190 g/mol. The topological polar surface area (TPSA) is 13.0 Å². The van der Waals surface area contributed by atoms with Crippen LogP contribution in [0.3, 0.4) is 0 Å². The van der Waals surface area contributed by atoms with Crippen LogP contribution in [0.1, 0.15) is 0 Å². The maximum atomic E-state index is 2.38. The lowest BCUT2D eigenvalue weighted by Gasteiger charge is -2.26. The van der Waals surface area contributed by atoms with E-state index in [-0.39, 0.29) is 0 Å². The van der Waals surface area contributed by atoms with Gasteiger partial charge in [-0.2, -0.15) is 0 Å². The van der Waals surface area contributed by atoms with Crippen molar-refractivity contribution in [3.05, 3.63) is 328 Å². The summed E-state index contributed by atoms with van der Waals surface area (Å²) in [6.45, 7) is 0. The van der Waals surface area contributed by atoms with Crippen LogP contribution in [0, 0.1) is 0 Å². The Kier molecular flexibility index (Phi) is 15.6. The van der Waals surface area contributed by atoms with Crippen molar-refractivity contribution in [3.8, 4) is 60.6 Å². The normalized spacial score (nSPS) is 11.2. The fourth-order valence-electron chi connectivity index (χ4n) is 11.1. The van der Waals surface area contributed by atoms with E-state index < -0.39 is 0 Å². The Balaban J connectivity index is 0.715. The number of anilines is 12. The van der Waals surface area contributed by atoms with Gasteiger partial charge in [-0.3, -0.25) is 0 Å². The van der Waals surface area contributed by atoms with Gasteiger partial charge < -0.3 is 19.6 Å². The van der Waals surface area contributed by atoms with Crippen LogP contribution in [0.2, 0.25) is 0 Å². The zero-order valence-corrected chi connectivity index (χ0v) is 52.3. The lowest BCUT2D eigenvalue weighted by molar-refractivity contribution is 1.28. The largest absolute Gasteiger partial charge is 0.311 e. The van der Waals surface area contributed by atoms with Gasteiger partial charge in [-0.15, -0.1) is 68.0 Å². The average molecular weight is 1240 g/mol. The van der Waals surface area contributed by atoms with Gasteiger partial charge in [0.2, 0.25) is 0 Å². The monoisotopic (exact) mass is 1240 g/mol. The van der Waals surface area contributed by atoms with Crippen LogP contribution in [0.5, 0.6) is 0 Å². The molecule has 0 amide bonds. The number of nitrogens with zero attached hydrogens (tertiary/aromatic N) is 4. The Labute approximate surface area is 537 Å². The van der Waals surface area contributed by atoms with Crippen LogP contribution in [-0.2, 0) is 0 Å². The van der Waals surface area contributed by atoms with Gasteiger partial charge in [0.1, 0.15) is 15.0 Å². The zero-order chi connectivity index (χ0) is 58.6. The molecule has 0 aliphatic carbocycles. The van der Waals surface area contributed by atoms with Crippen molar-refractivity contribution in [1.29, 1.82) is 0 Å². The highest BCUT2D eigenvalue weighted by Gasteiger charge is 2.21. The SMILES string of the molecule is c1ccc(N(c2ccccc2)c2ccc(-c3ccc(-c4ccc(N(c5ccc(-c6ccc(-c7ccc(N(c8ccccc8)c8ccccc8)s7)s6)cc5)c5ccc(-c6ccc(-c7ccc(N(c8ccccc8)c8ccccc8)s7)s6)cc5)cc4)s3)s2)cc1. The first kappa shape index (κ1) is 55.0. The van der Waals surface area contributed by atoms with Gasteiger partial charge in [0.05, 0.1) is 0 Å². The molecule has 6 aromatic heterocycles. The number of para-hydroxylation sites is 6. The second-order valence-corrected chi connectivity index (χ2v) is 27.3. The van der Waals surface area contributed by atoms with Crippen molar-refractivity contribution < 1.29 is 0 Å². The third-order valence-corrected chi connectivity index (χ3v) is 22.5. The van der Waals surface area contributed by atoms with Crippen LogP contribution in [0.25, 0.3) is 60.6 Å². The molecule has 0 saturated carbocycles. The predicted molar refractivity (Wildman–Crippen MR) is 385 cm³/mol. The summed E-state index contributed by atoms with van der Waals surface area (Å²) >= 11 is 11.0. The number of thiophene rings is 6. The molecule has 0 aliphatic rings. The molecule has 0 atom stereocenters. The van der Waals surface area contributed by atoms with Crippen molar-refractivity contribution >= 4 is 134 Å². The minimum atomic E-state index is 1.09. The summed E-state index contributed by atoms with van der Waals surface area (Å²) in [5.41, 5.74) is 13.7. The minimum absolute atomic E-state index is 1.09. The van der Waals surface area contributed by atoms with E-state index in [1.165, 1.54) is 75.6 Å². The fraction of sp³-hybridized carbons (Fsp3) is 0. The maximum absolute atomic E-state index is 2.38. The molecule has 0 spiro atoms. The number of hydrogen-bond acceptors (Lipinski definition) is 10. The van der Waals surface area contributed by atoms with E-state index in [1.807, 2.05) is 68.0 Å². The number of rotatable bonds is 18. The summed E-state index contributed by atoms with van der Waals surface area (Å²) in [4.78, 5) is 20.6. The van der Waals surface area contributed by atoms with E-state index in [2.05, 4.69) is 347 Å². The molecule has 9 aromatic carbocycles. The van der Waals surface area contributed by atoms with Crippen molar-refractivity contribution in [2.75, 3.05) is 19.6 Å². The predicted octanol–water partition coefficient (Wildman–Crippen LogP) is 25.9. The van der Waals surface area contributed by atoms with Crippen LogP contribution >= 0.6 is 68.0 Å². The van der Waals surface area contributed by atoms with Gasteiger partial charge in [0.15, 0.2) is 0 Å². The third kappa shape index (κ3) is 11.5. The Bertz CT molecular complexity index is 4120. The zero-order valence-electron chi connectivity index (χ0n) is 47.4. The summed E-state index contributed by atoms with van der Waals surface area (Å²) in [5.74, 6) is 0. The number of hydrogen-bond donors (Lipinski definition) is 0. The Hall–Kier alpha value is -9.62. The van der Waals surface area contributed by atoms with E-state index in [0.717, 1.165) is 51.2 Å². The summed E-state index contributed by atoms with van der Waals surface area (Å²) < 4.78 is 0. The van der Waals surface area contributed by atoms with Crippen LogP contribution in [0.4, 0.5) is 66.2 Å². The van der Waals surface area contributed by atoms with E-state index in [1.54, 1.807) is 0 Å². The first-order valence-corrected chi connectivity index (χ1v) is 33.9. The van der Waals surface area contributed by atoms with Crippen molar-refractivity contribution in [2.24, 2.45) is 0 Å². The van der Waals surface area contributed by atoms with E-state index in [0.29, 0.717) is 0 Å². The van der Waals surface area contributed by atoms with Crippen molar-refractivity contribution in [3.63, 3.8) is 0 Å². The molecule has 0 bridgehead atoms. The van der Waals surface area contributed by atoms with Crippen LogP contribution < -0.4 is 19.6 Å². The van der Waals surface area contributed by atoms with E-state index >= 15 is 0 Å². The first-order chi connectivity index (χ1) is 43.6. The van der Waals surface area contributed by atoms with Gasteiger partial charge in [-0.25, -0.2) is 0 Å². The van der Waals surface area contributed by atoms with Gasteiger partial charge in [0, 0.05) is 95.1 Å². The summed E-state index contributed by atoms with van der Waals surface area (Å²) in [5, 5.41) is 3.54. The number of benzene rings is 9. The lowest BCUT2D eigenvalue weighted by Crippen LogP contribution is -2.09. The van der Waals surface area contributed by atoms with Gasteiger partial charge in [-0.05, 0) is 199 Å². The first-order valence-electron chi connectivity index (χ1n) is 29.0. The second-order valence-electron chi connectivity index (χ2n) is 20.9. The standard InChI is InChI=1S/C78H54N4S6/c1-7-19-58(20-8-1)80(59-21-9-2-10-22-59)76-52-49-73(86-76)70-46-43-67(83-70)55-31-37-64(38-32-55)79(65-39-33-56(34-40-65)68-44-47-71(84-68)74-50-53-77(87-74)81(60-23-11-3-12-24-60)61-25-13-4-14-26-61)66-41-35-57(36-42-66)69-45-48-72(85-69)75-51-54-78(88-75)82(62-27-15-5-16-28-62)63-29-17-6-18-30-63/h1-54H. The summed E-state index contributed by atoms with van der Waals surface area (Å²) in [6.07, 6.45) is 0. The Morgan fingerprint density at radius 2 is 0.318 bits per heavy atom. The Morgan fingerprint density at radius 3 is 0.545 bits per heavy atom. The molecule has 88 heavy (non-hydrogen) atoms. The smallest absolute Gasteiger partial charge is 0.101 e. The van der Waals surface area contributed by atoms with Crippen LogP contribution in [0.15, 0.2) is 328 Å². The molecule has 0 aliphatic heterocycles. The molecule has 422 valence electrons. The van der Waals surface area contributed by atoms with Crippen molar-refractivity contribution in [1.82, 2.24) is 0 Å². The molecule has 10 heteroatoms. The van der Waals surface area contributed by atoms with Crippen molar-refractivity contribution in [2.45, 2.75) is 0 Å². The quantitative estimate of drug-likeness (QED) is 0.0849. The minimum Gasteiger partial charge on any atom is -0.311 e. The molecule has 0 fully saturated rings. The molecule has 0 radical (unpaired) electrons. The van der Waals surface area contributed by atoms with Gasteiger partial charge in [0.25, 0.3) is 0 Å². The molecule has 0 N–H and O–H groups in total. The van der Waals surface area contributed by atoms with Crippen LogP contribution in [-0.4, -0.2) is 0 Å². The lowest BCUT2D eigenvalue weighted by atomic mass is 10.1. The molecule has 6 heterocycles. The molecule has 0 saturated heterocycles. The highest BCUT2D eigenvalue weighted by atomic mass is 32.1. The van der Waals surface area contributed by atoms with Gasteiger partial charge >= 0.3 is 0 Å². The summed E-state index contributed by atoms with van der Waals surface area (Å²) in [6, 6.07) is 118. The highest BCUT2D eigenvalue weighted by molar-refractivity contribution is 7.27. The Morgan fingerprint density at radius 1 is 0.136 bits per heavy atom. The van der Waals surface area contributed by atoms with E-state index in [4.69, 9.17) is 0 Å². The van der Waals surface area contributed by atoms with E-state index in [9.17, 15) is 0 Å². The molecule has 15 aromatic rings. The maximum Gasteiger partial charge on any atom is 0.101 e. The summed E-state index contributed by atoms with van der Waals surface area (Å²) in [7, 11) is 0. The second kappa shape index (κ2) is 25.0. The molecule has 0 unspecified atom stereocenters.